The first-order valence-corrected chi connectivity index (χ1v) is 2.50. The Morgan fingerprint density at radius 1 is 1.56 bits per heavy atom. The van der Waals surface area contributed by atoms with Crippen molar-refractivity contribution in [2.24, 2.45) is 0 Å². The standard InChI is InChI=1S/C7H6N2/c1-2-6-3-7(8)5-9-4-6/h1,3-5H,8H2. The van der Waals surface area contributed by atoms with Gasteiger partial charge in [-0.1, -0.05) is 5.92 Å². The van der Waals surface area contributed by atoms with E-state index in [4.69, 9.17) is 12.2 Å². The molecule has 2 heteroatoms. The molecule has 2 N–H and O–H groups in total. The lowest BCUT2D eigenvalue weighted by molar-refractivity contribution is 1.32. The molecule has 1 rings (SSSR count). The van der Waals surface area contributed by atoms with Gasteiger partial charge in [0.15, 0.2) is 0 Å². The summed E-state index contributed by atoms with van der Waals surface area (Å²) in [4.78, 5) is 3.79. The van der Waals surface area contributed by atoms with E-state index in [1.807, 2.05) is 0 Å². The number of terminal acetylenes is 1. The fourth-order valence-corrected chi connectivity index (χ4v) is 0.537. The van der Waals surface area contributed by atoms with Crippen molar-refractivity contribution < 1.29 is 0 Å². The maximum absolute atomic E-state index is 5.38. The molecule has 1 aromatic rings. The smallest absolute Gasteiger partial charge is 0.0513 e. The van der Waals surface area contributed by atoms with E-state index in [0.717, 1.165) is 5.56 Å². The summed E-state index contributed by atoms with van der Waals surface area (Å²) < 4.78 is 0. The van der Waals surface area contributed by atoms with Crippen LogP contribution in [-0.4, -0.2) is 4.98 Å². The molecule has 1 heterocycles. The second-order valence-electron chi connectivity index (χ2n) is 1.65. The maximum atomic E-state index is 5.38. The van der Waals surface area contributed by atoms with Crippen molar-refractivity contribution in [2.45, 2.75) is 0 Å². The monoisotopic (exact) mass is 118 g/mol. The number of anilines is 1. The highest BCUT2D eigenvalue weighted by Crippen LogP contribution is 2.00. The lowest BCUT2D eigenvalue weighted by Crippen LogP contribution is -1.86. The quantitative estimate of drug-likeness (QED) is 0.508. The lowest BCUT2D eigenvalue weighted by atomic mass is 10.3. The molecule has 0 amide bonds. The van der Waals surface area contributed by atoms with Crippen molar-refractivity contribution in [3.63, 3.8) is 0 Å². The van der Waals surface area contributed by atoms with Gasteiger partial charge in [0, 0.05) is 18.0 Å². The number of pyridine rings is 1. The molecule has 0 aliphatic carbocycles. The van der Waals surface area contributed by atoms with Crippen molar-refractivity contribution in [1.29, 1.82) is 0 Å². The molecule has 0 radical (unpaired) electrons. The van der Waals surface area contributed by atoms with Gasteiger partial charge in [0.05, 0.1) is 5.69 Å². The summed E-state index contributed by atoms with van der Waals surface area (Å²) in [5.74, 6) is 2.43. The SMILES string of the molecule is C#Cc1cncc(N)c1. The third kappa shape index (κ3) is 1.20. The minimum absolute atomic E-state index is 0.602. The zero-order valence-corrected chi connectivity index (χ0v) is 4.83. The van der Waals surface area contributed by atoms with Gasteiger partial charge < -0.3 is 5.73 Å². The Hall–Kier alpha value is -1.49. The predicted molar refractivity (Wildman–Crippen MR) is 36.6 cm³/mol. The fraction of sp³-hybridized carbons (Fsp3) is 0. The van der Waals surface area contributed by atoms with Crippen LogP contribution in [0.3, 0.4) is 0 Å². The van der Waals surface area contributed by atoms with E-state index in [9.17, 15) is 0 Å². The Morgan fingerprint density at radius 3 is 2.78 bits per heavy atom. The van der Waals surface area contributed by atoms with Gasteiger partial charge >= 0.3 is 0 Å². The van der Waals surface area contributed by atoms with Crippen LogP contribution in [0.15, 0.2) is 18.5 Å². The molecule has 0 aliphatic rings. The van der Waals surface area contributed by atoms with Crippen LogP contribution in [0.2, 0.25) is 0 Å². The minimum Gasteiger partial charge on any atom is -0.397 e. The van der Waals surface area contributed by atoms with Crippen LogP contribution in [-0.2, 0) is 0 Å². The first-order valence-electron chi connectivity index (χ1n) is 2.50. The van der Waals surface area contributed by atoms with Crippen molar-refractivity contribution in [1.82, 2.24) is 4.98 Å². The highest BCUT2D eigenvalue weighted by atomic mass is 14.7. The summed E-state index contributed by atoms with van der Waals surface area (Å²) in [5.41, 5.74) is 6.70. The Balaban J connectivity index is 3.12. The number of hydrogen-bond acceptors (Lipinski definition) is 2. The lowest BCUT2D eigenvalue weighted by Gasteiger charge is -1.89. The molecule has 44 valence electrons. The van der Waals surface area contributed by atoms with E-state index >= 15 is 0 Å². The largest absolute Gasteiger partial charge is 0.397 e. The van der Waals surface area contributed by atoms with Crippen LogP contribution in [0.4, 0.5) is 5.69 Å². The number of nitrogens with zero attached hydrogens (tertiary/aromatic N) is 1. The summed E-state index contributed by atoms with van der Waals surface area (Å²) in [7, 11) is 0. The predicted octanol–water partition coefficient (Wildman–Crippen LogP) is 0.645. The summed E-state index contributed by atoms with van der Waals surface area (Å²) in [5, 5.41) is 0. The van der Waals surface area contributed by atoms with E-state index < -0.39 is 0 Å². The first kappa shape index (κ1) is 5.64. The molecule has 0 saturated carbocycles. The second-order valence-corrected chi connectivity index (χ2v) is 1.65. The van der Waals surface area contributed by atoms with E-state index in [2.05, 4.69) is 10.9 Å². The topological polar surface area (TPSA) is 38.9 Å². The summed E-state index contributed by atoms with van der Waals surface area (Å²) in [6, 6.07) is 1.70. The minimum atomic E-state index is 0.602. The number of hydrogen-bond donors (Lipinski definition) is 1. The van der Waals surface area contributed by atoms with E-state index in [1.54, 1.807) is 18.5 Å². The highest BCUT2D eigenvalue weighted by molar-refractivity contribution is 5.42. The Bertz CT molecular complexity index is 247. The van der Waals surface area contributed by atoms with Crippen molar-refractivity contribution in [2.75, 3.05) is 5.73 Å². The zero-order chi connectivity index (χ0) is 6.69. The van der Waals surface area contributed by atoms with Crippen molar-refractivity contribution >= 4 is 5.69 Å². The molecule has 0 atom stereocenters. The second kappa shape index (κ2) is 2.19. The van der Waals surface area contributed by atoms with Crippen LogP contribution in [0.25, 0.3) is 0 Å². The van der Waals surface area contributed by atoms with Gasteiger partial charge in [0.25, 0.3) is 0 Å². The van der Waals surface area contributed by atoms with Crippen molar-refractivity contribution in [3.8, 4) is 12.3 Å². The Labute approximate surface area is 53.7 Å². The first-order chi connectivity index (χ1) is 4.33. The molecule has 0 spiro atoms. The zero-order valence-electron chi connectivity index (χ0n) is 4.83. The maximum Gasteiger partial charge on any atom is 0.0513 e. The average molecular weight is 118 g/mol. The van der Waals surface area contributed by atoms with Gasteiger partial charge in [-0.3, -0.25) is 4.98 Å². The van der Waals surface area contributed by atoms with Gasteiger partial charge in [0.2, 0.25) is 0 Å². The third-order valence-corrected chi connectivity index (χ3v) is 0.926. The molecule has 1 aromatic heterocycles. The molecule has 9 heavy (non-hydrogen) atoms. The molecule has 2 nitrogen and oxygen atoms in total. The molecule has 0 aromatic carbocycles. The van der Waals surface area contributed by atoms with Gasteiger partial charge in [-0.25, -0.2) is 0 Å². The van der Waals surface area contributed by atoms with Crippen LogP contribution in [0.5, 0.6) is 0 Å². The summed E-state index contributed by atoms with van der Waals surface area (Å²) >= 11 is 0. The van der Waals surface area contributed by atoms with Crippen molar-refractivity contribution in [3.05, 3.63) is 24.0 Å². The number of nitrogens with two attached hydrogens (primary N) is 1. The van der Waals surface area contributed by atoms with Crippen LogP contribution >= 0.6 is 0 Å². The Morgan fingerprint density at radius 2 is 2.33 bits per heavy atom. The van der Waals surface area contributed by atoms with Gasteiger partial charge in [-0.15, -0.1) is 6.42 Å². The van der Waals surface area contributed by atoms with Gasteiger partial charge in [-0.05, 0) is 6.07 Å². The van der Waals surface area contributed by atoms with Crippen LogP contribution in [0.1, 0.15) is 5.56 Å². The van der Waals surface area contributed by atoms with E-state index in [0.29, 0.717) is 5.69 Å². The fourth-order valence-electron chi connectivity index (χ4n) is 0.537. The van der Waals surface area contributed by atoms with Gasteiger partial charge in [0.1, 0.15) is 0 Å². The molecule has 0 saturated heterocycles. The molecule has 0 unspecified atom stereocenters. The normalized spacial score (nSPS) is 8.33. The Kier molecular flexibility index (Phi) is 1.37. The molecular formula is C7H6N2. The number of aromatic nitrogens is 1. The van der Waals surface area contributed by atoms with Crippen LogP contribution in [0, 0.1) is 12.3 Å². The third-order valence-electron chi connectivity index (χ3n) is 0.926. The molecule has 0 fully saturated rings. The highest BCUT2D eigenvalue weighted by Gasteiger charge is 1.85. The average Bonchev–Trinajstić information content (AvgIpc) is 1.88. The van der Waals surface area contributed by atoms with Gasteiger partial charge in [-0.2, -0.15) is 0 Å². The van der Waals surface area contributed by atoms with E-state index in [-0.39, 0.29) is 0 Å². The number of nitrogen functional groups attached to an aromatic ring is 1. The molecule has 0 bridgehead atoms. The van der Waals surface area contributed by atoms with Crippen LogP contribution < -0.4 is 5.73 Å². The van der Waals surface area contributed by atoms with E-state index in [1.165, 1.54) is 0 Å². The number of rotatable bonds is 0. The molecular weight excluding hydrogens is 112 g/mol. The molecule has 0 aliphatic heterocycles. The summed E-state index contributed by atoms with van der Waals surface area (Å²) in [6.45, 7) is 0. The summed E-state index contributed by atoms with van der Waals surface area (Å²) in [6.07, 6.45) is 8.22.